The van der Waals surface area contributed by atoms with Gasteiger partial charge in [0.15, 0.2) is 0 Å². The van der Waals surface area contributed by atoms with Gasteiger partial charge >= 0.3 is 0 Å². The van der Waals surface area contributed by atoms with Gasteiger partial charge in [-0.05, 0) is 24.6 Å². The van der Waals surface area contributed by atoms with Crippen molar-refractivity contribution in [3.63, 3.8) is 0 Å². The zero-order valence-electron chi connectivity index (χ0n) is 11.6. The molecule has 1 N–H and O–H groups in total. The van der Waals surface area contributed by atoms with Gasteiger partial charge in [-0.15, -0.1) is 0 Å². The Kier molecular flexibility index (Phi) is 4.04. The number of hydrogen-bond acceptors (Lipinski definition) is 5. The first-order valence-corrected chi connectivity index (χ1v) is 7.81. The number of thioether (sulfide) groups is 1. The summed E-state index contributed by atoms with van der Waals surface area (Å²) in [5.74, 6) is 0. The summed E-state index contributed by atoms with van der Waals surface area (Å²) in [4.78, 5) is 10.3. The monoisotopic (exact) mass is 333 g/mol. The second-order valence-corrected chi connectivity index (χ2v) is 6.38. The molecule has 0 aromatic heterocycles. The van der Waals surface area contributed by atoms with E-state index in [4.69, 9.17) is 11.6 Å². The fraction of sp³-hybridized carbons (Fsp3) is 0.133. The molecule has 0 fully saturated rings. The lowest BCUT2D eigenvalue weighted by Crippen LogP contribution is -2.06. The summed E-state index contributed by atoms with van der Waals surface area (Å²) < 4.78 is 0. The van der Waals surface area contributed by atoms with E-state index in [1.165, 1.54) is 11.6 Å². The molecule has 0 unspecified atom stereocenters. The van der Waals surface area contributed by atoms with E-state index in [-0.39, 0.29) is 16.1 Å². The smallest absolute Gasteiger partial charge is 0.287 e. The van der Waals surface area contributed by atoms with Crippen LogP contribution in [0.25, 0.3) is 0 Å². The summed E-state index contributed by atoms with van der Waals surface area (Å²) in [6, 6.07) is 12.8. The molecule has 1 atom stereocenters. The number of nitrogens with one attached hydrogen (secondary N) is 1. The van der Waals surface area contributed by atoms with Crippen molar-refractivity contribution in [1.82, 2.24) is 5.43 Å². The first-order chi connectivity index (χ1) is 10.5. The molecular formula is C15H12ClN3O2S. The SMILES string of the molecule is Cc1ccc(C2=NN[C@H](c3ccc([N+](=O)[O-])c(Cl)c3)S2)cc1. The summed E-state index contributed by atoms with van der Waals surface area (Å²) in [6.45, 7) is 2.04. The van der Waals surface area contributed by atoms with Gasteiger partial charge in [-0.2, -0.15) is 5.10 Å². The quantitative estimate of drug-likeness (QED) is 0.673. The van der Waals surface area contributed by atoms with Gasteiger partial charge in [0.25, 0.3) is 5.69 Å². The van der Waals surface area contributed by atoms with Crippen LogP contribution in [0.15, 0.2) is 47.6 Å². The highest BCUT2D eigenvalue weighted by Crippen LogP contribution is 2.37. The van der Waals surface area contributed by atoms with E-state index < -0.39 is 4.92 Å². The molecule has 0 radical (unpaired) electrons. The van der Waals surface area contributed by atoms with Gasteiger partial charge in [0.2, 0.25) is 0 Å². The first kappa shape index (κ1) is 14.9. The van der Waals surface area contributed by atoms with Crippen molar-refractivity contribution in [2.24, 2.45) is 5.10 Å². The zero-order chi connectivity index (χ0) is 15.7. The van der Waals surface area contributed by atoms with Crippen molar-refractivity contribution in [3.8, 4) is 0 Å². The van der Waals surface area contributed by atoms with E-state index in [2.05, 4.69) is 10.5 Å². The van der Waals surface area contributed by atoms with E-state index in [0.29, 0.717) is 0 Å². The number of aryl methyl sites for hydroxylation is 1. The van der Waals surface area contributed by atoms with Crippen LogP contribution in [-0.4, -0.2) is 9.97 Å². The molecule has 2 aromatic carbocycles. The number of nitro benzene ring substituents is 1. The molecule has 1 aliphatic heterocycles. The predicted molar refractivity (Wildman–Crippen MR) is 89.3 cm³/mol. The van der Waals surface area contributed by atoms with Gasteiger partial charge in [0.1, 0.15) is 15.4 Å². The highest BCUT2D eigenvalue weighted by atomic mass is 35.5. The molecule has 3 rings (SSSR count). The predicted octanol–water partition coefficient (Wildman–Crippen LogP) is 4.25. The lowest BCUT2D eigenvalue weighted by molar-refractivity contribution is -0.384. The topological polar surface area (TPSA) is 67.5 Å². The van der Waals surface area contributed by atoms with Crippen molar-refractivity contribution < 1.29 is 4.92 Å². The normalized spacial score (nSPS) is 17.0. The van der Waals surface area contributed by atoms with E-state index in [0.717, 1.165) is 16.2 Å². The van der Waals surface area contributed by atoms with Crippen LogP contribution < -0.4 is 5.43 Å². The highest BCUT2D eigenvalue weighted by molar-refractivity contribution is 8.14. The fourth-order valence-corrected chi connectivity index (χ4v) is 3.33. The Bertz CT molecular complexity index is 762. The number of halogens is 1. The minimum absolute atomic E-state index is 0.0897. The third kappa shape index (κ3) is 2.93. The lowest BCUT2D eigenvalue weighted by atomic mass is 10.2. The Morgan fingerprint density at radius 1 is 1.27 bits per heavy atom. The van der Waals surface area contributed by atoms with Gasteiger partial charge < -0.3 is 0 Å². The molecule has 0 saturated carbocycles. The maximum Gasteiger partial charge on any atom is 0.287 e. The second kappa shape index (κ2) is 5.98. The summed E-state index contributed by atoms with van der Waals surface area (Å²) in [6.07, 6.45) is 0. The average Bonchev–Trinajstić information content (AvgIpc) is 2.97. The first-order valence-electron chi connectivity index (χ1n) is 6.55. The molecule has 0 bridgehead atoms. The Hall–Kier alpha value is -2.05. The van der Waals surface area contributed by atoms with Gasteiger partial charge in [-0.3, -0.25) is 15.5 Å². The van der Waals surface area contributed by atoms with Gasteiger partial charge in [-0.1, -0.05) is 53.2 Å². The molecule has 112 valence electrons. The average molecular weight is 334 g/mol. The van der Waals surface area contributed by atoms with Crippen LogP contribution >= 0.6 is 23.4 Å². The Labute approximate surface area is 136 Å². The third-order valence-electron chi connectivity index (χ3n) is 3.28. The molecule has 1 heterocycles. The summed E-state index contributed by atoms with van der Waals surface area (Å²) >= 11 is 7.51. The molecule has 22 heavy (non-hydrogen) atoms. The number of rotatable bonds is 3. The molecule has 0 spiro atoms. The van der Waals surface area contributed by atoms with E-state index in [1.807, 2.05) is 31.2 Å². The number of nitrogens with zero attached hydrogens (tertiary/aromatic N) is 2. The summed E-state index contributed by atoms with van der Waals surface area (Å²) in [5, 5.41) is 16.0. The van der Waals surface area contributed by atoms with Crippen LogP contribution in [0.3, 0.4) is 0 Å². The van der Waals surface area contributed by atoms with E-state index in [9.17, 15) is 10.1 Å². The summed E-state index contributed by atoms with van der Waals surface area (Å²) in [5.41, 5.74) is 6.03. The standard InChI is InChI=1S/C15H12ClN3O2S/c1-9-2-4-10(5-3-9)14-17-18-15(22-14)11-6-7-13(19(20)21)12(16)8-11/h2-8,15,18H,1H3/t15-/m0/s1. The van der Waals surface area contributed by atoms with Gasteiger partial charge in [-0.25, -0.2) is 0 Å². The maximum atomic E-state index is 10.8. The van der Waals surface area contributed by atoms with E-state index in [1.54, 1.807) is 23.9 Å². The van der Waals surface area contributed by atoms with Crippen LogP contribution in [0.4, 0.5) is 5.69 Å². The largest absolute Gasteiger partial charge is 0.291 e. The van der Waals surface area contributed by atoms with Crippen LogP contribution in [0.1, 0.15) is 22.1 Å². The molecule has 1 aliphatic rings. The Balaban J connectivity index is 1.78. The molecular weight excluding hydrogens is 322 g/mol. The number of benzene rings is 2. The molecule has 0 saturated heterocycles. The van der Waals surface area contributed by atoms with Crippen molar-refractivity contribution in [2.75, 3.05) is 0 Å². The number of hydrazone groups is 1. The summed E-state index contributed by atoms with van der Waals surface area (Å²) in [7, 11) is 0. The van der Waals surface area contributed by atoms with Crippen molar-refractivity contribution in [2.45, 2.75) is 12.3 Å². The Morgan fingerprint density at radius 2 is 2.00 bits per heavy atom. The molecule has 5 nitrogen and oxygen atoms in total. The minimum Gasteiger partial charge on any atom is -0.291 e. The fourth-order valence-electron chi connectivity index (χ4n) is 2.09. The van der Waals surface area contributed by atoms with Crippen molar-refractivity contribution in [1.29, 1.82) is 0 Å². The number of nitro groups is 1. The van der Waals surface area contributed by atoms with Crippen LogP contribution in [0.5, 0.6) is 0 Å². The molecule has 0 amide bonds. The maximum absolute atomic E-state index is 10.8. The van der Waals surface area contributed by atoms with Crippen LogP contribution in [0.2, 0.25) is 5.02 Å². The third-order valence-corrected chi connectivity index (χ3v) is 4.75. The van der Waals surface area contributed by atoms with Crippen molar-refractivity contribution >= 4 is 34.1 Å². The highest BCUT2D eigenvalue weighted by Gasteiger charge is 2.24. The molecule has 7 heteroatoms. The number of hydrogen-bond donors (Lipinski definition) is 1. The molecule has 0 aliphatic carbocycles. The van der Waals surface area contributed by atoms with Crippen LogP contribution in [0, 0.1) is 17.0 Å². The lowest BCUT2D eigenvalue weighted by Gasteiger charge is -2.10. The Morgan fingerprint density at radius 3 is 2.64 bits per heavy atom. The van der Waals surface area contributed by atoms with Gasteiger partial charge in [0, 0.05) is 11.6 Å². The zero-order valence-corrected chi connectivity index (χ0v) is 13.2. The molecule has 2 aromatic rings. The second-order valence-electron chi connectivity index (χ2n) is 4.88. The van der Waals surface area contributed by atoms with Crippen molar-refractivity contribution in [3.05, 3.63) is 74.3 Å². The van der Waals surface area contributed by atoms with Crippen LogP contribution in [-0.2, 0) is 0 Å². The van der Waals surface area contributed by atoms with Gasteiger partial charge in [0.05, 0.1) is 4.92 Å². The van der Waals surface area contributed by atoms with E-state index >= 15 is 0 Å². The minimum atomic E-state index is -0.491.